The number of piperidine rings is 1. The Kier molecular flexibility index (Phi) is 4.51. The Hall–Kier alpha value is -2.60. The van der Waals surface area contributed by atoms with Gasteiger partial charge in [-0.2, -0.15) is 0 Å². The molecule has 0 spiro atoms. The Morgan fingerprint density at radius 1 is 1.08 bits per heavy atom. The molecule has 0 amide bonds. The monoisotopic (exact) mass is 355 g/mol. The standard InChI is InChI=1S/C20H19F2N3O/c21-15-5-6-17(22)16(11-15)19(26)13-7-9-25(10-8-13)20-23-12-14-3-1-2-4-18(14)24-20/h1-6,11-13,19,26H,7-10H2. The van der Waals surface area contributed by atoms with E-state index in [1.807, 2.05) is 24.3 Å². The molecule has 0 bridgehead atoms. The normalized spacial score (nSPS) is 16.8. The number of para-hydroxylation sites is 1. The second kappa shape index (κ2) is 6.96. The van der Waals surface area contributed by atoms with E-state index in [1.54, 1.807) is 6.20 Å². The summed E-state index contributed by atoms with van der Waals surface area (Å²) in [6.45, 7) is 1.33. The second-order valence-electron chi connectivity index (χ2n) is 6.66. The number of hydrogen-bond donors (Lipinski definition) is 1. The number of nitrogens with zero attached hydrogens (tertiary/aromatic N) is 3. The van der Waals surface area contributed by atoms with Crippen molar-refractivity contribution in [2.24, 2.45) is 5.92 Å². The van der Waals surface area contributed by atoms with E-state index in [2.05, 4.69) is 14.9 Å². The summed E-state index contributed by atoms with van der Waals surface area (Å²) in [6.07, 6.45) is 2.12. The lowest BCUT2D eigenvalue weighted by molar-refractivity contribution is 0.0890. The number of hydrogen-bond acceptors (Lipinski definition) is 4. The summed E-state index contributed by atoms with van der Waals surface area (Å²) in [5, 5.41) is 11.5. The summed E-state index contributed by atoms with van der Waals surface area (Å²) >= 11 is 0. The van der Waals surface area contributed by atoms with Gasteiger partial charge in [0.2, 0.25) is 5.95 Å². The molecule has 1 aliphatic rings. The van der Waals surface area contributed by atoms with Gasteiger partial charge in [-0.1, -0.05) is 18.2 Å². The largest absolute Gasteiger partial charge is 0.388 e. The Balaban J connectivity index is 1.47. The van der Waals surface area contributed by atoms with Gasteiger partial charge in [0.25, 0.3) is 0 Å². The van der Waals surface area contributed by atoms with Gasteiger partial charge >= 0.3 is 0 Å². The molecule has 6 heteroatoms. The molecular formula is C20H19F2N3O. The number of benzene rings is 2. The van der Waals surface area contributed by atoms with Gasteiger partial charge in [-0.15, -0.1) is 0 Å². The van der Waals surface area contributed by atoms with Crippen molar-refractivity contribution in [1.29, 1.82) is 0 Å². The average molecular weight is 355 g/mol. The first-order valence-corrected chi connectivity index (χ1v) is 8.71. The minimum atomic E-state index is -1.01. The van der Waals surface area contributed by atoms with Crippen molar-refractivity contribution in [2.45, 2.75) is 18.9 Å². The molecule has 4 rings (SSSR count). The molecule has 1 unspecified atom stereocenters. The minimum Gasteiger partial charge on any atom is -0.388 e. The predicted octanol–water partition coefficient (Wildman–Crippen LogP) is 3.86. The summed E-state index contributed by atoms with van der Waals surface area (Å²) in [4.78, 5) is 11.1. The Labute approximate surface area is 150 Å². The third-order valence-corrected chi connectivity index (χ3v) is 5.02. The van der Waals surface area contributed by atoms with Crippen LogP contribution in [-0.2, 0) is 0 Å². The van der Waals surface area contributed by atoms with Crippen molar-refractivity contribution in [2.75, 3.05) is 18.0 Å². The highest BCUT2D eigenvalue weighted by molar-refractivity contribution is 5.78. The zero-order valence-electron chi connectivity index (χ0n) is 14.1. The number of aromatic nitrogens is 2. The number of aliphatic hydroxyl groups is 1. The van der Waals surface area contributed by atoms with E-state index in [0.717, 1.165) is 29.1 Å². The first-order chi connectivity index (χ1) is 12.6. The fourth-order valence-corrected chi connectivity index (χ4v) is 3.53. The molecule has 1 N–H and O–H groups in total. The van der Waals surface area contributed by atoms with Crippen molar-refractivity contribution >= 4 is 16.9 Å². The molecule has 26 heavy (non-hydrogen) atoms. The maximum absolute atomic E-state index is 13.9. The number of rotatable bonds is 3. The molecule has 134 valence electrons. The molecule has 2 heterocycles. The zero-order valence-corrected chi connectivity index (χ0v) is 14.1. The van der Waals surface area contributed by atoms with E-state index >= 15 is 0 Å². The Bertz CT molecular complexity index is 926. The third kappa shape index (κ3) is 3.24. The van der Waals surface area contributed by atoms with Crippen LogP contribution in [0.2, 0.25) is 0 Å². The maximum atomic E-state index is 13.9. The summed E-state index contributed by atoms with van der Waals surface area (Å²) in [5.74, 6) is -0.571. The van der Waals surface area contributed by atoms with Crippen LogP contribution >= 0.6 is 0 Å². The van der Waals surface area contributed by atoms with Crippen LogP contribution in [0.25, 0.3) is 10.9 Å². The quantitative estimate of drug-likeness (QED) is 0.775. The first-order valence-electron chi connectivity index (χ1n) is 8.71. The van der Waals surface area contributed by atoms with Crippen LogP contribution in [0, 0.1) is 17.6 Å². The summed E-state index contributed by atoms with van der Waals surface area (Å²) in [5.41, 5.74) is 0.923. The van der Waals surface area contributed by atoms with Gasteiger partial charge in [-0.05, 0) is 43.0 Å². The maximum Gasteiger partial charge on any atom is 0.225 e. The molecular weight excluding hydrogens is 336 g/mol. The average Bonchev–Trinajstić information content (AvgIpc) is 2.69. The molecule has 1 aromatic heterocycles. The van der Waals surface area contributed by atoms with E-state index in [-0.39, 0.29) is 11.5 Å². The van der Waals surface area contributed by atoms with Gasteiger partial charge in [0.1, 0.15) is 11.6 Å². The Morgan fingerprint density at radius 3 is 2.65 bits per heavy atom. The SMILES string of the molecule is OC(c1cc(F)ccc1F)C1CCN(c2ncc3ccccc3n2)CC1. The molecule has 3 aromatic rings. The number of aliphatic hydroxyl groups excluding tert-OH is 1. The third-order valence-electron chi connectivity index (χ3n) is 5.02. The van der Waals surface area contributed by atoms with Crippen LogP contribution < -0.4 is 4.90 Å². The van der Waals surface area contributed by atoms with Crippen LogP contribution in [0.4, 0.5) is 14.7 Å². The fraction of sp³-hybridized carbons (Fsp3) is 0.300. The van der Waals surface area contributed by atoms with Crippen molar-refractivity contribution in [3.8, 4) is 0 Å². The van der Waals surface area contributed by atoms with Crippen molar-refractivity contribution in [3.05, 3.63) is 65.9 Å². The highest BCUT2D eigenvalue weighted by Crippen LogP contribution is 2.33. The first kappa shape index (κ1) is 16.8. The fourth-order valence-electron chi connectivity index (χ4n) is 3.53. The predicted molar refractivity (Wildman–Crippen MR) is 95.8 cm³/mol. The topological polar surface area (TPSA) is 49.2 Å². The highest BCUT2D eigenvalue weighted by Gasteiger charge is 2.29. The van der Waals surface area contributed by atoms with Crippen LogP contribution in [0.1, 0.15) is 24.5 Å². The van der Waals surface area contributed by atoms with E-state index in [4.69, 9.17) is 0 Å². The molecule has 0 saturated carbocycles. The van der Waals surface area contributed by atoms with E-state index in [9.17, 15) is 13.9 Å². The van der Waals surface area contributed by atoms with Gasteiger partial charge in [0.05, 0.1) is 11.6 Å². The van der Waals surface area contributed by atoms with E-state index in [1.165, 1.54) is 0 Å². The van der Waals surface area contributed by atoms with Crippen molar-refractivity contribution in [3.63, 3.8) is 0 Å². The van der Waals surface area contributed by atoms with Gasteiger partial charge in [0, 0.05) is 30.2 Å². The van der Waals surface area contributed by atoms with Gasteiger partial charge in [-0.25, -0.2) is 18.7 Å². The summed E-state index contributed by atoms with van der Waals surface area (Å²) < 4.78 is 27.3. The van der Waals surface area contributed by atoms with Crippen LogP contribution in [0.5, 0.6) is 0 Å². The molecule has 0 aliphatic carbocycles. The van der Waals surface area contributed by atoms with Crippen molar-refractivity contribution in [1.82, 2.24) is 9.97 Å². The highest BCUT2D eigenvalue weighted by atomic mass is 19.1. The lowest BCUT2D eigenvalue weighted by atomic mass is 9.87. The molecule has 1 fully saturated rings. The lowest BCUT2D eigenvalue weighted by Gasteiger charge is -2.34. The zero-order chi connectivity index (χ0) is 18.1. The van der Waals surface area contributed by atoms with Crippen LogP contribution in [0.15, 0.2) is 48.7 Å². The van der Waals surface area contributed by atoms with Gasteiger partial charge < -0.3 is 10.0 Å². The summed E-state index contributed by atoms with van der Waals surface area (Å²) in [6, 6.07) is 11.0. The molecule has 0 radical (unpaired) electrons. The van der Waals surface area contributed by atoms with Gasteiger partial charge in [0.15, 0.2) is 0 Å². The van der Waals surface area contributed by atoms with Crippen molar-refractivity contribution < 1.29 is 13.9 Å². The lowest BCUT2D eigenvalue weighted by Crippen LogP contribution is -2.36. The number of anilines is 1. The van der Waals surface area contributed by atoms with Gasteiger partial charge in [-0.3, -0.25) is 0 Å². The molecule has 1 atom stereocenters. The molecule has 4 nitrogen and oxygen atoms in total. The molecule has 2 aromatic carbocycles. The minimum absolute atomic E-state index is 0.0328. The van der Waals surface area contributed by atoms with Crippen LogP contribution in [0.3, 0.4) is 0 Å². The number of fused-ring (bicyclic) bond motifs is 1. The number of halogens is 2. The van der Waals surface area contributed by atoms with E-state index < -0.39 is 17.7 Å². The smallest absolute Gasteiger partial charge is 0.225 e. The van der Waals surface area contributed by atoms with E-state index in [0.29, 0.717) is 31.9 Å². The summed E-state index contributed by atoms with van der Waals surface area (Å²) in [7, 11) is 0. The van der Waals surface area contributed by atoms with Crippen LogP contribution in [-0.4, -0.2) is 28.2 Å². The molecule has 1 saturated heterocycles. The molecule has 1 aliphatic heterocycles. The second-order valence-corrected chi connectivity index (χ2v) is 6.66. The Morgan fingerprint density at radius 2 is 1.85 bits per heavy atom.